The van der Waals surface area contributed by atoms with E-state index in [0.29, 0.717) is 25.9 Å². The van der Waals surface area contributed by atoms with Gasteiger partial charge >= 0.3 is 0 Å². The van der Waals surface area contributed by atoms with E-state index in [4.69, 9.17) is 0 Å². The highest BCUT2D eigenvalue weighted by Crippen LogP contribution is 2.24. The molecule has 1 aliphatic heterocycles. The Hall–Kier alpha value is -2.27. The number of carbonyl (C=O) groups is 2. The Morgan fingerprint density at radius 1 is 1.08 bits per heavy atom. The van der Waals surface area contributed by atoms with Gasteiger partial charge in [0.05, 0.1) is 0 Å². The lowest BCUT2D eigenvalue weighted by Crippen LogP contribution is -2.41. The fraction of sp³-hybridized carbons (Fsp3) is 0.333. The summed E-state index contributed by atoms with van der Waals surface area (Å²) in [6.45, 7) is 3.21. The zero-order chi connectivity index (χ0) is 18.5. The van der Waals surface area contributed by atoms with Gasteiger partial charge in [0.25, 0.3) is 5.91 Å². The number of hydrogen-bond donors (Lipinski definition) is 1. The van der Waals surface area contributed by atoms with E-state index in [1.165, 1.54) is 0 Å². The van der Waals surface area contributed by atoms with Gasteiger partial charge in [-0.25, -0.2) is 0 Å². The topological polar surface area (TPSA) is 49.4 Å². The van der Waals surface area contributed by atoms with Crippen molar-refractivity contribution in [3.8, 4) is 0 Å². The van der Waals surface area contributed by atoms with Gasteiger partial charge in [0.1, 0.15) is 0 Å². The number of aryl methyl sites for hydroxylation is 1. The molecule has 1 heterocycles. The minimum atomic E-state index is -0.0436. The molecule has 3 rings (SSSR count). The number of thioether (sulfide) groups is 1. The molecule has 0 saturated carbocycles. The molecule has 0 aromatic heterocycles. The second kappa shape index (κ2) is 8.41. The van der Waals surface area contributed by atoms with Gasteiger partial charge in [0, 0.05) is 35.2 Å². The molecule has 0 atom stereocenters. The van der Waals surface area contributed by atoms with Gasteiger partial charge in [-0.05, 0) is 55.9 Å². The summed E-state index contributed by atoms with van der Waals surface area (Å²) in [5, 5.41) is 2.97. The summed E-state index contributed by atoms with van der Waals surface area (Å²) < 4.78 is 0. The van der Waals surface area contributed by atoms with Crippen LogP contribution in [-0.2, 0) is 4.79 Å². The molecule has 0 spiro atoms. The quantitative estimate of drug-likeness (QED) is 0.823. The molecular weight excluding hydrogens is 344 g/mol. The molecule has 5 heteroatoms. The fourth-order valence-electron chi connectivity index (χ4n) is 3.24. The molecule has 136 valence electrons. The third-order valence-corrected chi connectivity index (χ3v) is 5.59. The first-order valence-electron chi connectivity index (χ1n) is 8.88. The number of hydrogen-bond acceptors (Lipinski definition) is 3. The second-order valence-corrected chi connectivity index (χ2v) is 7.48. The van der Waals surface area contributed by atoms with Crippen LogP contribution < -0.4 is 5.32 Å². The molecule has 0 radical (unpaired) electrons. The second-order valence-electron chi connectivity index (χ2n) is 6.60. The molecule has 1 fully saturated rings. The Balaban J connectivity index is 1.59. The highest BCUT2D eigenvalue weighted by molar-refractivity contribution is 7.98. The normalized spacial score (nSPS) is 14.9. The molecule has 1 aliphatic rings. The van der Waals surface area contributed by atoms with E-state index in [9.17, 15) is 9.59 Å². The van der Waals surface area contributed by atoms with Crippen LogP contribution in [0.15, 0.2) is 53.4 Å². The molecule has 0 bridgehead atoms. The van der Waals surface area contributed by atoms with Gasteiger partial charge in [-0.15, -0.1) is 11.8 Å². The highest BCUT2D eigenvalue weighted by Gasteiger charge is 2.28. The lowest BCUT2D eigenvalue weighted by Gasteiger charge is -2.31. The van der Waals surface area contributed by atoms with E-state index in [1.54, 1.807) is 11.8 Å². The van der Waals surface area contributed by atoms with Crippen molar-refractivity contribution in [1.29, 1.82) is 0 Å². The van der Waals surface area contributed by atoms with Gasteiger partial charge in [-0.1, -0.05) is 24.3 Å². The van der Waals surface area contributed by atoms with Crippen molar-refractivity contribution >= 4 is 29.3 Å². The number of nitrogens with one attached hydrogen (secondary N) is 1. The summed E-state index contributed by atoms with van der Waals surface area (Å²) in [7, 11) is 0. The molecule has 2 aromatic rings. The molecule has 1 N–H and O–H groups in total. The first kappa shape index (κ1) is 18.5. The molecule has 0 unspecified atom stereocenters. The molecule has 2 aromatic carbocycles. The van der Waals surface area contributed by atoms with E-state index < -0.39 is 0 Å². The number of nitrogens with zero attached hydrogens (tertiary/aromatic N) is 1. The van der Waals surface area contributed by atoms with Crippen LogP contribution >= 0.6 is 11.8 Å². The Morgan fingerprint density at radius 2 is 1.77 bits per heavy atom. The summed E-state index contributed by atoms with van der Waals surface area (Å²) >= 11 is 1.64. The molecular formula is C21H24N2O2S. The van der Waals surface area contributed by atoms with Crippen LogP contribution in [0.4, 0.5) is 5.69 Å². The lowest BCUT2D eigenvalue weighted by molar-refractivity contribution is -0.121. The van der Waals surface area contributed by atoms with E-state index in [-0.39, 0.29) is 17.7 Å². The maximum absolute atomic E-state index is 12.9. The van der Waals surface area contributed by atoms with Crippen molar-refractivity contribution in [1.82, 2.24) is 4.90 Å². The SMILES string of the molecule is CSc1ccc(C)c(C(=O)N2CCC(C(=O)Nc3ccccc3)CC2)c1. The van der Waals surface area contributed by atoms with Gasteiger partial charge in [0.15, 0.2) is 0 Å². The highest BCUT2D eigenvalue weighted by atomic mass is 32.2. The molecule has 0 aliphatic carbocycles. The number of amides is 2. The summed E-state index contributed by atoms with van der Waals surface area (Å²) in [5.74, 6) is 0.0714. The van der Waals surface area contributed by atoms with Gasteiger partial charge in [-0.3, -0.25) is 9.59 Å². The van der Waals surface area contributed by atoms with Crippen LogP contribution in [0, 0.1) is 12.8 Å². The summed E-state index contributed by atoms with van der Waals surface area (Å²) in [6.07, 6.45) is 3.41. The Labute approximate surface area is 159 Å². The van der Waals surface area contributed by atoms with E-state index >= 15 is 0 Å². The van der Waals surface area contributed by atoms with Crippen molar-refractivity contribution in [2.45, 2.75) is 24.7 Å². The predicted molar refractivity (Wildman–Crippen MR) is 107 cm³/mol. The molecule has 26 heavy (non-hydrogen) atoms. The summed E-state index contributed by atoms with van der Waals surface area (Å²) in [5.41, 5.74) is 2.58. The number of likely N-dealkylation sites (tertiary alicyclic amines) is 1. The third kappa shape index (κ3) is 4.28. The maximum Gasteiger partial charge on any atom is 0.254 e. The van der Waals surface area contributed by atoms with Crippen LogP contribution in [0.3, 0.4) is 0 Å². The minimum absolute atomic E-state index is 0.0436. The Kier molecular flexibility index (Phi) is 5.99. The number of carbonyl (C=O) groups excluding carboxylic acids is 2. The number of anilines is 1. The predicted octanol–water partition coefficient (Wildman–Crippen LogP) is 4.21. The average Bonchev–Trinajstić information content (AvgIpc) is 2.69. The van der Waals surface area contributed by atoms with Gasteiger partial charge < -0.3 is 10.2 Å². The Morgan fingerprint density at radius 3 is 2.42 bits per heavy atom. The number of benzene rings is 2. The van der Waals surface area contributed by atoms with Crippen molar-refractivity contribution < 1.29 is 9.59 Å². The Bertz CT molecular complexity index is 784. The first-order chi connectivity index (χ1) is 12.6. The van der Waals surface area contributed by atoms with Gasteiger partial charge in [0.2, 0.25) is 5.91 Å². The average molecular weight is 369 g/mol. The van der Waals surface area contributed by atoms with E-state index in [0.717, 1.165) is 21.7 Å². The van der Waals surface area contributed by atoms with Crippen molar-refractivity contribution in [3.63, 3.8) is 0 Å². The van der Waals surface area contributed by atoms with Crippen molar-refractivity contribution in [2.24, 2.45) is 5.92 Å². The third-order valence-electron chi connectivity index (χ3n) is 4.87. The zero-order valence-electron chi connectivity index (χ0n) is 15.2. The fourth-order valence-corrected chi connectivity index (χ4v) is 3.68. The van der Waals surface area contributed by atoms with Crippen LogP contribution in [0.5, 0.6) is 0 Å². The lowest BCUT2D eigenvalue weighted by atomic mass is 9.95. The molecule has 4 nitrogen and oxygen atoms in total. The van der Waals surface area contributed by atoms with Crippen LogP contribution in [0.25, 0.3) is 0 Å². The summed E-state index contributed by atoms with van der Waals surface area (Å²) in [4.78, 5) is 28.3. The van der Waals surface area contributed by atoms with Gasteiger partial charge in [-0.2, -0.15) is 0 Å². The maximum atomic E-state index is 12.9. The largest absolute Gasteiger partial charge is 0.339 e. The van der Waals surface area contributed by atoms with Crippen molar-refractivity contribution in [2.75, 3.05) is 24.7 Å². The van der Waals surface area contributed by atoms with Crippen LogP contribution in [-0.4, -0.2) is 36.1 Å². The minimum Gasteiger partial charge on any atom is -0.339 e. The number of piperidine rings is 1. The zero-order valence-corrected chi connectivity index (χ0v) is 16.0. The monoisotopic (exact) mass is 368 g/mol. The number of rotatable bonds is 4. The summed E-state index contributed by atoms with van der Waals surface area (Å²) in [6, 6.07) is 15.5. The standard InChI is InChI=1S/C21H24N2O2S/c1-15-8-9-18(26-2)14-19(15)21(25)23-12-10-16(11-13-23)20(24)22-17-6-4-3-5-7-17/h3-9,14,16H,10-13H2,1-2H3,(H,22,24). The smallest absolute Gasteiger partial charge is 0.254 e. The van der Waals surface area contributed by atoms with Crippen LogP contribution in [0.2, 0.25) is 0 Å². The number of para-hydroxylation sites is 1. The van der Waals surface area contributed by atoms with Crippen molar-refractivity contribution in [3.05, 3.63) is 59.7 Å². The first-order valence-corrected chi connectivity index (χ1v) is 10.1. The van der Waals surface area contributed by atoms with E-state index in [2.05, 4.69) is 5.32 Å². The molecule has 1 saturated heterocycles. The molecule has 2 amide bonds. The van der Waals surface area contributed by atoms with Crippen LogP contribution in [0.1, 0.15) is 28.8 Å². The van der Waals surface area contributed by atoms with E-state index in [1.807, 2.05) is 66.6 Å².